The molecule has 0 aliphatic heterocycles. The van der Waals surface area contributed by atoms with Crippen molar-refractivity contribution >= 4 is 33.2 Å². The van der Waals surface area contributed by atoms with Gasteiger partial charge in [0.1, 0.15) is 18.1 Å². The van der Waals surface area contributed by atoms with E-state index in [-0.39, 0.29) is 28.1 Å². The van der Waals surface area contributed by atoms with Crippen LogP contribution < -0.4 is 19.5 Å². The zero-order valence-electron chi connectivity index (χ0n) is 20.7. The minimum absolute atomic E-state index is 0.0610. The summed E-state index contributed by atoms with van der Waals surface area (Å²) in [6.07, 6.45) is -4.67. The maximum Gasteiger partial charge on any atom is 0.433 e. The summed E-state index contributed by atoms with van der Waals surface area (Å²) in [5.41, 5.74) is 0.0799. The van der Waals surface area contributed by atoms with Crippen LogP contribution in [0.4, 0.5) is 18.9 Å². The van der Waals surface area contributed by atoms with E-state index < -0.39 is 17.8 Å². The van der Waals surface area contributed by atoms with Crippen LogP contribution in [0.5, 0.6) is 17.2 Å². The molecule has 38 heavy (non-hydrogen) atoms. The van der Waals surface area contributed by atoms with Gasteiger partial charge in [0.15, 0.2) is 22.8 Å². The first-order chi connectivity index (χ1) is 18.1. The van der Waals surface area contributed by atoms with Crippen LogP contribution in [0.25, 0.3) is 5.65 Å². The van der Waals surface area contributed by atoms with Gasteiger partial charge in [0.05, 0.1) is 17.7 Å². The van der Waals surface area contributed by atoms with Crippen molar-refractivity contribution in [2.45, 2.75) is 33.6 Å². The number of hydrogen-bond acceptors (Lipinski definition) is 6. The summed E-state index contributed by atoms with van der Waals surface area (Å²) in [6.45, 7) is 6.54. The third kappa shape index (κ3) is 6.01. The number of hydrogen-bond donors (Lipinski definition) is 1. The molecule has 0 unspecified atom stereocenters. The molecule has 0 aliphatic carbocycles. The van der Waals surface area contributed by atoms with Gasteiger partial charge in [-0.1, -0.05) is 6.07 Å². The van der Waals surface area contributed by atoms with E-state index in [0.29, 0.717) is 40.7 Å². The Morgan fingerprint density at radius 3 is 2.34 bits per heavy atom. The Morgan fingerprint density at radius 1 is 1.00 bits per heavy atom. The summed E-state index contributed by atoms with van der Waals surface area (Å²) in [5, 5.41) is 6.50. The lowest BCUT2D eigenvalue weighted by Crippen LogP contribution is -2.15. The average Bonchev–Trinajstić information content (AvgIpc) is 3.20. The number of aromatic nitrogens is 3. The number of nitrogens with one attached hydrogen (secondary N) is 1. The van der Waals surface area contributed by atoms with Crippen LogP contribution >= 0.6 is 15.9 Å². The van der Waals surface area contributed by atoms with Crippen molar-refractivity contribution in [3.8, 4) is 17.2 Å². The summed E-state index contributed by atoms with van der Waals surface area (Å²) in [4.78, 5) is 16.9. The second kappa shape index (κ2) is 11.3. The first kappa shape index (κ1) is 27.2. The molecular formula is C26H24BrF3N4O4. The van der Waals surface area contributed by atoms with E-state index >= 15 is 0 Å². The zero-order chi connectivity index (χ0) is 27.4. The third-order valence-corrected chi connectivity index (χ3v) is 6.02. The first-order valence-electron chi connectivity index (χ1n) is 11.7. The molecule has 0 bridgehead atoms. The predicted octanol–water partition coefficient (Wildman–Crippen LogP) is 6.45. The number of benzene rings is 2. The molecule has 2 aromatic carbocycles. The molecule has 12 heteroatoms. The second-order valence-electron chi connectivity index (χ2n) is 8.09. The Hall–Kier alpha value is -3.80. The number of anilines is 1. The highest BCUT2D eigenvalue weighted by molar-refractivity contribution is 9.10. The monoisotopic (exact) mass is 592 g/mol. The van der Waals surface area contributed by atoms with Crippen LogP contribution in [0, 0.1) is 6.92 Å². The molecule has 0 saturated heterocycles. The quantitative estimate of drug-likeness (QED) is 0.240. The Kier molecular flexibility index (Phi) is 8.10. The zero-order valence-corrected chi connectivity index (χ0v) is 22.3. The van der Waals surface area contributed by atoms with Crippen molar-refractivity contribution in [1.82, 2.24) is 14.6 Å². The van der Waals surface area contributed by atoms with E-state index in [2.05, 4.69) is 31.3 Å². The van der Waals surface area contributed by atoms with Crippen molar-refractivity contribution in [2.24, 2.45) is 0 Å². The third-order valence-electron chi connectivity index (χ3n) is 5.29. The van der Waals surface area contributed by atoms with Crippen LogP contribution in [0.1, 0.15) is 41.3 Å². The summed E-state index contributed by atoms with van der Waals surface area (Å²) in [7, 11) is 0. The molecule has 8 nitrogen and oxygen atoms in total. The number of fused-ring (bicyclic) bond motifs is 1. The SMILES string of the molecule is CCOc1ccc(COc2ccc(NC(=O)c3nn4c(C(F)(F)F)cc(C)nc4c3Br)cc2)cc1OCC. The van der Waals surface area contributed by atoms with E-state index in [1.165, 1.54) is 6.92 Å². The smallest absolute Gasteiger partial charge is 0.433 e. The topological polar surface area (TPSA) is 87.0 Å². The number of halogens is 4. The number of nitrogens with zero attached hydrogens (tertiary/aromatic N) is 3. The first-order valence-corrected chi connectivity index (χ1v) is 12.5. The molecule has 0 saturated carbocycles. The Balaban J connectivity index is 1.45. The van der Waals surface area contributed by atoms with Gasteiger partial charge in [-0.3, -0.25) is 4.79 Å². The van der Waals surface area contributed by atoms with Crippen molar-refractivity contribution in [2.75, 3.05) is 18.5 Å². The minimum Gasteiger partial charge on any atom is -0.490 e. The van der Waals surface area contributed by atoms with Gasteiger partial charge in [-0.2, -0.15) is 18.3 Å². The predicted molar refractivity (Wildman–Crippen MR) is 138 cm³/mol. The molecule has 200 valence electrons. The minimum atomic E-state index is -4.67. The number of amides is 1. The maximum absolute atomic E-state index is 13.5. The Bertz CT molecular complexity index is 1460. The summed E-state index contributed by atoms with van der Waals surface area (Å²) >= 11 is 3.17. The summed E-state index contributed by atoms with van der Waals surface area (Å²) < 4.78 is 58.1. The van der Waals surface area contributed by atoms with Gasteiger partial charge in [0, 0.05) is 11.4 Å². The fourth-order valence-corrected chi connectivity index (χ4v) is 4.15. The Morgan fingerprint density at radius 2 is 1.68 bits per heavy atom. The van der Waals surface area contributed by atoms with Crippen LogP contribution in [-0.2, 0) is 12.8 Å². The van der Waals surface area contributed by atoms with Crippen LogP contribution in [-0.4, -0.2) is 33.7 Å². The van der Waals surface area contributed by atoms with E-state index in [9.17, 15) is 18.0 Å². The molecule has 1 amide bonds. The largest absolute Gasteiger partial charge is 0.490 e. The average molecular weight is 593 g/mol. The van der Waals surface area contributed by atoms with Crippen molar-refractivity contribution in [1.29, 1.82) is 0 Å². The van der Waals surface area contributed by atoms with Crippen molar-refractivity contribution in [3.63, 3.8) is 0 Å². The normalized spacial score (nSPS) is 11.4. The fourth-order valence-electron chi connectivity index (χ4n) is 3.64. The van der Waals surface area contributed by atoms with Crippen LogP contribution in [0.15, 0.2) is 53.0 Å². The molecule has 0 spiro atoms. The van der Waals surface area contributed by atoms with Crippen LogP contribution in [0.2, 0.25) is 0 Å². The van der Waals surface area contributed by atoms with Gasteiger partial charge in [-0.25, -0.2) is 9.50 Å². The molecule has 2 aromatic heterocycles. The molecule has 0 atom stereocenters. The van der Waals surface area contributed by atoms with Gasteiger partial charge >= 0.3 is 6.18 Å². The molecule has 2 heterocycles. The van der Waals surface area contributed by atoms with E-state index in [1.807, 2.05) is 32.0 Å². The molecule has 0 fully saturated rings. The number of rotatable bonds is 9. The number of aryl methyl sites for hydroxylation is 1. The van der Waals surface area contributed by atoms with Crippen molar-refractivity contribution in [3.05, 3.63) is 75.6 Å². The van der Waals surface area contributed by atoms with Gasteiger partial charge in [0.25, 0.3) is 5.91 Å². The van der Waals surface area contributed by atoms with E-state index in [0.717, 1.165) is 11.6 Å². The van der Waals surface area contributed by atoms with Gasteiger partial charge in [-0.05, 0) is 84.7 Å². The van der Waals surface area contributed by atoms with Crippen molar-refractivity contribution < 1.29 is 32.2 Å². The molecule has 0 aliphatic rings. The number of ether oxygens (including phenoxy) is 3. The second-order valence-corrected chi connectivity index (χ2v) is 8.89. The van der Waals surface area contributed by atoms with E-state index in [1.54, 1.807) is 24.3 Å². The van der Waals surface area contributed by atoms with Gasteiger partial charge < -0.3 is 19.5 Å². The number of alkyl halides is 3. The standard InChI is InChI=1S/C26H24BrF3N4O4/c1-4-36-19-11-6-16(13-20(19)37-5-2)14-38-18-9-7-17(8-10-18)32-25(35)23-22(27)24-31-15(3)12-21(26(28,29)30)34(24)33-23/h6-13H,4-5,14H2,1-3H3,(H,32,35). The highest BCUT2D eigenvalue weighted by Crippen LogP contribution is 2.33. The summed E-state index contributed by atoms with van der Waals surface area (Å²) in [6, 6.07) is 13.0. The lowest BCUT2D eigenvalue weighted by atomic mass is 10.2. The van der Waals surface area contributed by atoms with Gasteiger partial charge in [-0.15, -0.1) is 0 Å². The van der Waals surface area contributed by atoms with E-state index in [4.69, 9.17) is 14.2 Å². The highest BCUT2D eigenvalue weighted by Gasteiger charge is 2.36. The lowest BCUT2D eigenvalue weighted by Gasteiger charge is -2.13. The molecule has 4 rings (SSSR count). The maximum atomic E-state index is 13.5. The molecular weight excluding hydrogens is 569 g/mol. The van der Waals surface area contributed by atoms with Gasteiger partial charge in [0.2, 0.25) is 0 Å². The lowest BCUT2D eigenvalue weighted by molar-refractivity contribution is -0.142. The number of carbonyl (C=O) groups excluding carboxylic acids is 1. The molecule has 1 N–H and O–H groups in total. The molecule has 4 aromatic rings. The van der Waals surface area contributed by atoms with Crippen LogP contribution in [0.3, 0.4) is 0 Å². The number of carbonyl (C=O) groups is 1. The Labute approximate surface area is 224 Å². The summed E-state index contributed by atoms with van der Waals surface area (Å²) in [5.74, 6) is 1.16. The highest BCUT2D eigenvalue weighted by atomic mass is 79.9. The molecule has 0 radical (unpaired) electrons. The fraction of sp³-hybridized carbons (Fsp3) is 0.269.